The summed E-state index contributed by atoms with van der Waals surface area (Å²) in [6, 6.07) is 6.84. The summed E-state index contributed by atoms with van der Waals surface area (Å²) in [5.41, 5.74) is 1.21. The number of benzene rings is 1. The van der Waals surface area contributed by atoms with Crippen LogP contribution in [0.3, 0.4) is 0 Å². The van der Waals surface area contributed by atoms with Gasteiger partial charge in [-0.2, -0.15) is 0 Å². The van der Waals surface area contributed by atoms with Gasteiger partial charge in [0.25, 0.3) is 0 Å². The Morgan fingerprint density at radius 3 is 2.59 bits per heavy atom. The largest absolute Gasteiger partial charge is 0.307 e. The van der Waals surface area contributed by atoms with Gasteiger partial charge >= 0.3 is 0 Å². The quantitative estimate of drug-likeness (QED) is 0.830. The van der Waals surface area contributed by atoms with Crippen molar-refractivity contribution < 1.29 is 0 Å². The Kier molecular flexibility index (Phi) is 4.35. The maximum Gasteiger partial charge on any atom is 0.0595 e. The molecule has 3 heteroatoms. The van der Waals surface area contributed by atoms with Gasteiger partial charge in [0.05, 0.1) is 10.0 Å². The molecule has 1 aromatic carbocycles. The molecule has 0 spiro atoms. The minimum Gasteiger partial charge on any atom is -0.307 e. The summed E-state index contributed by atoms with van der Waals surface area (Å²) in [7, 11) is 0. The zero-order valence-electron chi connectivity index (χ0n) is 10.3. The Morgan fingerprint density at radius 2 is 2.00 bits per heavy atom. The van der Waals surface area contributed by atoms with Crippen molar-refractivity contribution in [2.24, 2.45) is 5.92 Å². The first-order valence-electron chi connectivity index (χ1n) is 6.29. The summed E-state index contributed by atoms with van der Waals surface area (Å²) in [5.74, 6) is 0.778. The molecule has 1 saturated carbocycles. The molecule has 3 atom stereocenters. The second-order valence-corrected chi connectivity index (χ2v) is 5.89. The van der Waals surface area contributed by atoms with Crippen molar-refractivity contribution in [1.29, 1.82) is 0 Å². The van der Waals surface area contributed by atoms with Crippen molar-refractivity contribution in [3.05, 3.63) is 33.8 Å². The molecule has 1 N–H and O–H groups in total. The SMILES string of the molecule is CC(NC1CCCC1C)c1ccc(Cl)c(Cl)c1. The second kappa shape index (κ2) is 5.60. The number of hydrogen-bond acceptors (Lipinski definition) is 1. The molecule has 1 fully saturated rings. The van der Waals surface area contributed by atoms with Gasteiger partial charge in [-0.25, -0.2) is 0 Å². The maximum absolute atomic E-state index is 6.04. The van der Waals surface area contributed by atoms with E-state index in [0.29, 0.717) is 22.1 Å². The molecule has 94 valence electrons. The first-order valence-corrected chi connectivity index (χ1v) is 7.04. The molecular weight excluding hydrogens is 253 g/mol. The van der Waals surface area contributed by atoms with Gasteiger partial charge < -0.3 is 5.32 Å². The summed E-state index contributed by atoms with van der Waals surface area (Å²) in [4.78, 5) is 0. The Labute approximate surface area is 114 Å². The van der Waals surface area contributed by atoms with Gasteiger partial charge in [-0.05, 0) is 43.4 Å². The third-order valence-electron chi connectivity index (χ3n) is 3.77. The van der Waals surface area contributed by atoms with E-state index in [4.69, 9.17) is 23.2 Å². The van der Waals surface area contributed by atoms with Crippen LogP contribution in [0.25, 0.3) is 0 Å². The van der Waals surface area contributed by atoms with E-state index in [-0.39, 0.29) is 0 Å². The summed E-state index contributed by atoms with van der Waals surface area (Å²) >= 11 is 12.0. The molecule has 0 radical (unpaired) electrons. The Bertz CT molecular complexity index is 392. The summed E-state index contributed by atoms with van der Waals surface area (Å²) in [6.07, 6.45) is 3.96. The van der Waals surface area contributed by atoms with Crippen LogP contribution in [-0.4, -0.2) is 6.04 Å². The number of nitrogens with one attached hydrogen (secondary N) is 1. The first-order chi connectivity index (χ1) is 8.08. The zero-order valence-corrected chi connectivity index (χ0v) is 11.9. The first kappa shape index (κ1) is 13.2. The average Bonchev–Trinajstić information content (AvgIpc) is 2.68. The number of hydrogen-bond donors (Lipinski definition) is 1. The van der Waals surface area contributed by atoms with Gasteiger partial charge in [-0.3, -0.25) is 0 Å². The lowest BCUT2D eigenvalue weighted by Crippen LogP contribution is -2.33. The number of halogens is 2. The van der Waals surface area contributed by atoms with Crippen molar-refractivity contribution in [2.75, 3.05) is 0 Å². The fourth-order valence-electron chi connectivity index (χ4n) is 2.59. The van der Waals surface area contributed by atoms with Gasteiger partial charge in [0, 0.05) is 12.1 Å². The van der Waals surface area contributed by atoms with Gasteiger partial charge in [-0.15, -0.1) is 0 Å². The lowest BCUT2D eigenvalue weighted by molar-refractivity contribution is 0.388. The van der Waals surface area contributed by atoms with Crippen LogP contribution >= 0.6 is 23.2 Å². The van der Waals surface area contributed by atoms with Crippen molar-refractivity contribution >= 4 is 23.2 Å². The predicted molar refractivity (Wildman–Crippen MR) is 74.8 cm³/mol. The van der Waals surface area contributed by atoms with E-state index in [1.54, 1.807) is 0 Å². The molecule has 1 aliphatic rings. The van der Waals surface area contributed by atoms with Crippen LogP contribution < -0.4 is 5.32 Å². The van der Waals surface area contributed by atoms with Gasteiger partial charge in [0.15, 0.2) is 0 Å². The van der Waals surface area contributed by atoms with E-state index in [0.717, 1.165) is 5.92 Å². The van der Waals surface area contributed by atoms with E-state index in [1.807, 2.05) is 18.2 Å². The predicted octanol–water partition coefficient (Wildman–Crippen LogP) is 4.83. The topological polar surface area (TPSA) is 12.0 Å². The van der Waals surface area contributed by atoms with Crippen LogP contribution in [0.4, 0.5) is 0 Å². The Morgan fingerprint density at radius 1 is 1.24 bits per heavy atom. The fraction of sp³-hybridized carbons (Fsp3) is 0.571. The van der Waals surface area contributed by atoms with Crippen LogP contribution in [0.15, 0.2) is 18.2 Å². The molecule has 1 aromatic rings. The van der Waals surface area contributed by atoms with Crippen LogP contribution in [0.2, 0.25) is 10.0 Å². The zero-order chi connectivity index (χ0) is 12.4. The lowest BCUT2D eigenvalue weighted by atomic mass is 10.0. The molecule has 1 nitrogen and oxygen atoms in total. The van der Waals surface area contributed by atoms with E-state index in [1.165, 1.54) is 24.8 Å². The Balaban J connectivity index is 2.03. The normalized spacial score (nSPS) is 26.1. The molecule has 0 bridgehead atoms. The van der Waals surface area contributed by atoms with Crippen LogP contribution in [0, 0.1) is 5.92 Å². The molecule has 0 aromatic heterocycles. The average molecular weight is 272 g/mol. The fourth-order valence-corrected chi connectivity index (χ4v) is 2.90. The molecule has 2 rings (SSSR count). The van der Waals surface area contributed by atoms with E-state index in [9.17, 15) is 0 Å². The monoisotopic (exact) mass is 271 g/mol. The highest BCUT2D eigenvalue weighted by Crippen LogP contribution is 2.29. The van der Waals surface area contributed by atoms with E-state index < -0.39 is 0 Å². The highest BCUT2D eigenvalue weighted by molar-refractivity contribution is 6.42. The standard InChI is InChI=1S/C14H19Cl2N/c1-9-4-3-5-14(9)17-10(2)11-6-7-12(15)13(16)8-11/h6-10,14,17H,3-5H2,1-2H3. The van der Waals surface area contributed by atoms with Crippen LogP contribution in [0.1, 0.15) is 44.7 Å². The summed E-state index contributed by atoms with van der Waals surface area (Å²) in [6.45, 7) is 4.51. The third kappa shape index (κ3) is 3.15. The van der Waals surface area contributed by atoms with E-state index >= 15 is 0 Å². The third-order valence-corrected chi connectivity index (χ3v) is 4.51. The van der Waals surface area contributed by atoms with Crippen LogP contribution in [-0.2, 0) is 0 Å². The lowest BCUT2D eigenvalue weighted by Gasteiger charge is -2.23. The number of rotatable bonds is 3. The molecule has 1 aliphatic carbocycles. The summed E-state index contributed by atoms with van der Waals surface area (Å²) < 4.78 is 0. The molecule has 3 unspecified atom stereocenters. The maximum atomic E-state index is 6.04. The van der Waals surface area contributed by atoms with Crippen molar-refractivity contribution in [3.8, 4) is 0 Å². The molecule has 17 heavy (non-hydrogen) atoms. The van der Waals surface area contributed by atoms with Crippen molar-refractivity contribution in [3.63, 3.8) is 0 Å². The molecular formula is C14H19Cl2N. The minimum absolute atomic E-state index is 0.329. The van der Waals surface area contributed by atoms with Crippen molar-refractivity contribution in [2.45, 2.75) is 45.2 Å². The highest BCUT2D eigenvalue weighted by Gasteiger charge is 2.24. The van der Waals surface area contributed by atoms with E-state index in [2.05, 4.69) is 19.2 Å². The van der Waals surface area contributed by atoms with Gasteiger partial charge in [0.1, 0.15) is 0 Å². The van der Waals surface area contributed by atoms with Gasteiger partial charge in [-0.1, -0.05) is 42.6 Å². The molecule has 0 amide bonds. The highest BCUT2D eigenvalue weighted by atomic mass is 35.5. The van der Waals surface area contributed by atoms with Gasteiger partial charge in [0.2, 0.25) is 0 Å². The molecule has 0 saturated heterocycles. The Hall–Kier alpha value is -0.240. The van der Waals surface area contributed by atoms with Crippen molar-refractivity contribution in [1.82, 2.24) is 5.32 Å². The smallest absolute Gasteiger partial charge is 0.0595 e. The summed E-state index contributed by atoms with van der Waals surface area (Å²) in [5, 5.41) is 4.95. The molecule has 0 aliphatic heterocycles. The minimum atomic E-state index is 0.329. The molecule has 0 heterocycles. The van der Waals surface area contributed by atoms with Crippen LogP contribution in [0.5, 0.6) is 0 Å². The second-order valence-electron chi connectivity index (χ2n) is 5.08.